The van der Waals surface area contributed by atoms with Gasteiger partial charge in [-0.25, -0.2) is 0 Å². The van der Waals surface area contributed by atoms with Crippen molar-refractivity contribution in [3.63, 3.8) is 0 Å². The molecule has 0 aliphatic rings. The number of pyridine rings is 2. The first-order valence-corrected chi connectivity index (χ1v) is 16.5. The van der Waals surface area contributed by atoms with Gasteiger partial charge in [0.25, 0.3) is 0 Å². The van der Waals surface area contributed by atoms with Crippen molar-refractivity contribution in [1.29, 1.82) is 0 Å². The molecule has 0 saturated carbocycles. The van der Waals surface area contributed by atoms with Crippen molar-refractivity contribution in [1.82, 2.24) is 9.97 Å². The second-order valence-electron chi connectivity index (χ2n) is 10.8. The first-order valence-electron chi connectivity index (χ1n) is 13.0. The molecule has 0 aliphatic carbocycles. The molecule has 0 unspecified atom stereocenters. The van der Waals surface area contributed by atoms with Gasteiger partial charge in [-0.05, 0) is 34.6 Å². The fraction of sp³-hybridized carbons (Fsp3) is 0.176. The van der Waals surface area contributed by atoms with Crippen LogP contribution in [0.2, 0.25) is 19.6 Å². The monoisotopic (exact) mass is 705 g/mol. The Morgan fingerprint density at radius 3 is 2.18 bits per heavy atom. The second kappa shape index (κ2) is 12.2. The Labute approximate surface area is 245 Å². The van der Waals surface area contributed by atoms with E-state index in [0.717, 1.165) is 39.1 Å². The van der Waals surface area contributed by atoms with Crippen molar-refractivity contribution in [3.05, 3.63) is 115 Å². The van der Waals surface area contributed by atoms with Crippen molar-refractivity contribution >= 4 is 35.2 Å². The largest absolute Gasteiger partial charge is 0.501 e. The molecule has 5 heteroatoms. The molecule has 1 radical (unpaired) electrons. The molecule has 0 atom stereocenters. The van der Waals surface area contributed by atoms with Crippen LogP contribution in [0.15, 0.2) is 102 Å². The van der Waals surface area contributed by atoms with Gasteiger partial charge < -0.3 is 14.4 Å². The van der Waals surface area contributed by atoms with E-state index in [2.05, 4.69) is 92.0 Å². The van der Waals surface area contributed by atoms with Crippen LogP contribution in [0, 0.1) is 12.1 Å². The van der Waals surface area contributed by atoms with Crippen molar-refractivity contribution in [3.8, 4) is 22.5 Å². The van der Waals surface area contributed by atoms with Crippen LogP contribution in [-0.2, 0) is 20.1 Å². The Bertz CT molecular complexity index is 1670. The molecule has 0 saturated heterocycles. The summed E-state index contributed by atoms with van der Waals surface area (Å²) in [5.74, 6) is 0.537. The van der Waals surface area contributed by atoms with Gasteiger partial charge in [0.05, 0.1) is 13.7 Å². The van der Waals surface area contributed by atoms with E-state index < -0.39 is 8.07 Å². The van der Waals surface area contributed by atoms with Crippen LogP contribution in [0.25, 0.3) is 44.5 Å². The van der Waals surface area contributed by atoms with Crippen LogP contribution in [0.1, 0.15) is 25.3 Å². The SMILES string of the molecule is CC(C)c1ccnc(-c2[c-]cccc2)c1.C[Si](C)(C)c1cccc2c1oc1c(-c3ccccn3)[c-]ccc12.[Ir]. The number of furan rings is 1. The third-order valence-electron chi connectivity index (χ3n) is 6.62. The van der Waals surface area contributed by atoms with Gasteiger partial charge in [0.1, 0.15) is 5.58 Å². The zero-order valence-corrected chi connectivity index (χ0v) is 26.3. The van der Waals surface area contributed by atoms with Crippen molar-refractivity contribution in [2.75, 3.05) is 0 Å². The predicted molar refractivity (Wildman–Crippen MR) is 161 cm³/mol. The third-order valence-corrected chi connectivity index (χ3v) is 8.63. The number of rotatable bonds is 4. The summed E-state index contributed by atoms with van der Waals surface area (Å²) in [6.45, 7) is 11.4. The number of hydrogen-bond donors (Lipinski definition) is 0. The summed E-state index contributed by atoms with van der Waals surface area (Å²) in [5.41, 5.74) is 7.11. The molecular weight excluding hydrogens is 673 g/mol. The minimum atomic E-state index is -1.48. The molecule has 6 rings (SSSR count). The van der Waals surface area contributed by atoms with Crippen molar-refractivity contribution in [2.24, 2.45) is 0 Å². The molecule has 0 fully saturated rings. The van der Waals surface area contributed by atoms with E-state index >= 15 is 0 Å². The van der Waals surface area contributed by atoms with Crippen LogP contribution in [0.4, 0.5) is 0 Å². The maximum absolute atomic E-state index is 6.36. The standard InChI is InChI=1S/C20H18NOSi.C14H14N.Ir/c1-23(2,3)18-12-7-9-15-14-8-6-10-16(19(14)22-20(15)18)17-11-4-5-13-21-17;1-11(2)13-8-9-15-14(10-13)12-6-4-3-5-7-12;/h4-9,11-13H,1-3H3;3-6,8-11H,1-2H3;/q2*-1;. The van der Waals surface area contributed by atoms with Crippen LogP contribution >= 0.6 is 0 Å². The quantitative estimate of drug-likeness (QED) is 0.136. The first kappa shape index (κ1) is 28.6. The fourth-order valence-electron chi connectivity index (χ4n) is 4.56. The molecule has 39 heavy (non-hydrogen) atoms. The van der Waals surface area contributed by atoms with Gasteiger partial charge in [0, 0.05) is 37.9 Å². The molecule has 3 nitrogen and oxygen atoms in total. The fourth-order valence-corrected chi connectivity index (χ4v) is 6.02. The number of fused-ring (bicyclic) bond motifs is 3. The molecule has 0 spiro atoms. The number of benzene rings is 3. The molecule has 3 aromatic carbocycles. The van der Waals surface area contributed by atoms with Crippen molar-refractivity contribution in [2.45, 2.75) is 39.4 Å². The van der Waals surface area contributed by atoms with Gasteiger partial charge in [-0.3, -0.25) is 0 Å². The predicted octanol–water partition coefficient (Wildman–Crippen LogP) is 8.66. The average molecular weight is 705 g/mol. The molecule has 0 N–H and O–H groups in total. The smallest absolute Gasteiger partial charge is 0.120 e. The number of aromatic nitrogens is 2. The van der Waals surface area contributed by atoms with E-state index in [-0.39, 0.29) is 20.1 Å². The Hall–Kier alpha value is -3.37. The molecule has 6 aromatic rings. The maximum Gasteiger partial charge on any atom is 0.120 e. The maximum atomic E-state index is 6.36. The Morgan fingerprint density at radius 2 is 1.49 bits per heavy atom. The average Bonchev–Trinajstić information content (AvgIpc) is 3.33. The van der Waals surface area contributed by atoms with Crippen molar-refractivity contribution < 1.29 is 24.5 Å². The molecule has 0 aliphatic heterocycles. The zero-order chi connectivity index (χ0) is 26.7. The van der Waals surface area contributed by atoms with Gasteiger partial charge >= 0.3 is 0 Å². The van der Waals surface area contributed by atoms with Gasteiger partial charge in [-0.1, -0.05) is 86.4 Å². The van der Waals surface area contributed by atoms with E-state index in [9.17, 15) is 0 Å². The zero-order valence-electron chi connectivity index (χ0n) is 23.0. The molecule has 199 valence electrons. The van der Waals surface area contributed by atoms with Crippen LogP contribution in [0.5, 0.6) is 0 Å². The Morgan fingerprint density at radius 1 is 0.718 bits per heavy atom. The van der Waals surface area contributed by atoms with Crippen LogP contribution in [0.3, 0.4) is 0 Å². The molecule has 3 aromatic heterocycles. The minimum absolute atomic E-state index is 0. The van der Waals surface area contributed by atoms with Gasteiger partial charge in [0.15, 0.2) is 0 Å². The molecule has 3 heterocycles. The molecule has 0 amide bonds. The Balaban J connectivity index is 0.000000192. The number of nitrogens with zero attached hydrogens (tertiary/aromatic N) is 2. The van der Waals surface area contributed by atoms with E-state index in [1.54, 1.807) is 6.20 Å². The number of hydrogen-bond acceptors (Lipinski definition) is 3. The summed E-state index contributed by atoms with van der Waals surface area (Å²) in [6, 6.07) is 35.1. The van der Waals surface area contributed by atoms with Gasteiger partial charge in [-0.2, -0.15) is 0 Å². The van der Waals surface area contributed by atoms with Crippen LogP contribution in [-0.4, -0.2) is 18.0 Å². The van der Waals surface area contributed by atoms with E-state index in [1.165, 1.54) is 16.1 Å². The first-order chi connectivity index (χ1) is 18.3. The molecule has 0 bridgehead atoms. The summed E-state index contributed by atoms with van der Waals surface area (Å²) in [5, 5.41) is 3.68. The summed E-state index contributed by atoms with van der Waals surface area (Å²) in [4.78, 5) is 8.82. The van der Waals surface area contributed by atoms with Gasteiger partial charge in [-0.15, -0.1) is 54.1 Å². The normalized spacial score (nSPS) is 11.2. The van der Waals surface area contributed by atoms with E-state index in [4.69, 9.17) is 4.42 Å². The summed E-state index contributed by atoms with van der Waals surface area (Å²) < 4.78 is 6.36. The van der Waals surface area contributed by atoms with Crippen LogP contribution < -0.4 is 5.19 Å². The number of para-hydroxylation sites is 1. The van der Waals surface area contributed by atoms with E-state index in [0.29, 0.717) is 5.92 Å². The summed E-state index contributed by atoms with van der Waals surface area (Å²) >= 11 is 0. The minimum Gasteiger partial charge on any atom is -0.501 e. The summed E-state index contributed by atoms with van der Waals surface area (Å²) in [7, 11) is -1.48. The Kier molecular flexibility index (Phi) is 8.96. The summed E-state index contributed by atoms with van der Waals surface area (Å²) in [6.07, 6.45) is 3.67. The topological polar surface area (TPSA) is 38.9 Å². The van der Waals surface area contributed by atoms with Gasteiger partial charge in [0.2, 0.25) is 0 Å². The van der Waals surface area contributed by atoms with E-state index in [1.807, 2.05) is 54.7 Å². The molecular formula is C34H32IrN2OSi-2. The third kappa shape index (κ3) is 6.28. The second-order valence-corrected chi connectivity index (χ2v) is 15.8.